The van der Waals surface area contributed by atoms with Crippen molar-refractivity contribution in [2.45, 2.75) is 11.8 Å². The zero-order chi connectivity index (χ0) is 26.9. The number of benzene rings is 4. The average molecular weight is 554 g/mol. The van der Waals surface area contributed by atoms with Gasteiger partial charge in [0.15, 0.2) is 11.0 Å². The highest BCUT2D eigenvalue weighted by Gasteiger charge is 2.17. The summed E-state index contributed by atoms with van der Waals surface area (Å²) < 4.78 is 7.73. The van der Waals surface area contributed by atoms with Crippen molar-refractivity contribution in [3.63, 3.8) is 0 Å². The molecule has 1 heterocycles. The summed E-state index contributed by atoms with van der Waals surface area (Å²) in [6.45, 7) is 0.501. The van der Waals surface area contributed by atoms with E-state index in [0.29, 0.717) is 22.6 Å². The van der Waals surface area contributed by atoms with Crippen LogP contribution in [0.4, 0.5) is 0 Å². The van der Waals surface area contributed by atoms with Crippen LogP contribution in [-0.4, -0.2) is 32.6 Å². The number of carbonyl (C=O) groups is 1. The van der Waals surface area contributed by atoms with Crippen molar-refractivity contribution in [3.8, 4) is 22.8 Å². The maximum Gasteiger partial charge on any atom is 0.250 e. The number of hydrogen-bond acceptors (Lipinski definition) is 6. The molecule has 39 heavy (non-hydrogen) atoms. The van der Waals surface area contributed by atoms with E-state index in [9.17, 15) is 4.79 Å². The highest BCUT2D eigenvalue weighted by Crippen LogP contribution is 2.28. The zero-order valence-corrected chi connectivity index (χ0v) is 22.3. The molecule has 0 bridgehead atoms. The highest BCUT2D eigenvalue weighted by atomic mass is 35.5. The molecule has 0 spiro atoms. The summed E-state index contributed by atoms with van der Waals surface area (Å²) in [5.74, 6) is 1.29. The van der Waals surface area contributed by atoms with E-state index >= 15 is 0 Å². The third-order valence-corrected chi connectivity index (χ3v) is 6.79. The fourth-order valence-electron chi connectivity index (χ4n) is 3.69. The number of carbonyl (C=O) groups excluding carboxylic acids is 1. The summed E-state index contributed by atoms with van der Waals surface area (Å²) in [7, 11) is 0. The molecule has 0 atom stereocenters. The van der Waals surface area contributed by atoms with Gasteiger partial charge in [-0.15, -0.1) is 10.2 Å². The third-order valence-electron chi connectivity index (χ3n) is 5.61. The normalized spacial score (nSPS) is 11.0. The molecule has 0 unspecified atom stereocenters. The molecule has 1 amide bonds. The lowest BCUT2D eigenvalue weighted by Crippen LogP contribution is -2.20. The van der Waals surface area contributed by atoms with E-state index in [1.807, 2.05) is 114 Å². The van der Waals surface area contributed by atoms with Crippen molar-refractivity contribution >= 4 is 35.5 Å². The van der Waals surface area contributed by atoms with E-state index in [4.69, 9.17) is 16.3 Å². The van der Waals surface area contributed by atoms with Gasteiger partial charge in [-0.25, -0.2) is 5.43 Å². The Bertz CT molecular complexity index is 1540. The standard InChI is InChI=1S/C30H24ClN5O2S/c31-25-15-13-24(14-16-25)29-34-35-30(36(29)26-9-5-2-6-10-26)39-21-28(37)33-32-19-22-11-17-27(18-12-22)38-20-23-7-3-1-4-8-23/h1-19H,20-21H2,(H,33,37)/b32-19-. The van der Waals surface area contributed by atoms with Crippen LogP contribution in [0.5, 0.6) is 5.75 Å². The van der Waals surface area contributed by atoms with Crippen molar-refractivity contribution in [3.05, 3.63) is 125 Å². The minimum absolute atomic E-state index is 0.120. The van der Waals surface area contributed by atoms with Crippen LogP contribution in [0.3, 0.4) is 0 Å². The van der Waals surface area contributed by atoms with Crippen molar-refractivity contribution in [1.82, 2.24) is 20.2 Å². The first kappa shape index (κ1) is 26.2. The number of aromatic nitrogens is 3. The Balaban J connectivity index is 1.18. The number of thioether (sulfide) groups is 1. The van der Waals surface area contributed by atoms with Gasteiger partial charge in [-0.05, 0) is 71.8 Å². The fraction of sp³-hybridized carbons (Fsp3) is 0.0667. The molecule has 7 nitrogen and oxygen atoms in total. The summed E-state index contributed by atoms with van der Waals surface area (Å²) in [5.41, 5.74) is 6.28. The minimum Gasteiger partial charge on any atom is -0.489 e. The molecule has 0 radical (unpaired) electrons. The van der Waals surface area contributed by atoms with E-state index in [-0.39, 0.29) is 11.7 Å². The first-order chi connectivity index (χ1) is 19.2. The molecular formula is C30H24ClN5O2S. The van der Waals surface area contributed by atoms with Crippen LogP contribution < -0.4 is 10.2 Å². The molecule has 5 aromatic rings. The van der Waals surface area contributed by atoms with Gasteiger partial charge in [-0.3, -0.25) is 9.36 Å². The molecule has 194 valence electrons. The quantitative estimate of drug-likeness (QED) is 0.123. The van der Waals surface area contributed by atoms with Crippen molar-refractivity contribution in [2.75, 3.05) is 5.75 Å². The monoisotopic (exact) mass is 553 g/mol. The number of hydrazone groups is 1. The number of amides is 1. The first-order valence-electron chi connectivity index (χ1n) is 12.1. The van der Waals surface area contributed by atoms with E-state index < -0.39 is 0 Å². The predicted molar refractivity (Wildman–Crippen MR) is 155 cm³/mol. The summed E-state index contributed by atoms with van der Waals surface area (Å²) in [5, 5.41) is 14.1. The number of ether oxygens (including phenoxy) is 1. The van der Waals surface area contributed by atoms with E-state index in [2.05, 4.69) is 20.7 Å². The van der Waals surface area contributed by atoms with Crippen LogP contribution in [0.15, 0.2) is 119 Å². The van der Waals surface area contributed by atoms with Crippen LogP contribution >= 0.6 is 23.4 Å². The average Bonchev–Trinajstić information content (AvgIpc) is 3.41. The zero-order valence-electron chi connectivity index (χ0n) is 20.8. The Morgan fingerprint density at radius 1 is 0.897 bits per heavy atom. The number of nitrogens with zero attached hydrogens (tertiary/aromatic N) is 4. The van der Waals surface area contributed by atoms with E-state index in [1.165, 1.54) is 11.8 Å². The summed E-state index contributed by atoms with van der Waals surface area (Å²) in [6.07, 6.45) is 1.59. The van der Waals surface area contributed by atoms with Crippen LogP contribution in [0.1, 0.15) is 11.1 Å². The van der Waals surface area contributed by atoms with Gasteiger partial charge in [-0.2, -0.15) is 5.10 Å². The van der Waals surface area contributed by atoms with Gasteiger partial charge in [0.2, 0.25) is 0 Å². The Morgan fingerprint density at radius 3 is 2.31 bits per heavy atom. The maximum absolute atomic E-state index is 12.5. The second kappa shape index (κ2) is 12.9. The lowest BCUT2D eigenvalue weighted by Gasteiger charge is -2.10. The summed E-state index contributed by atoms with van der Waals surface area (Å²) in [6, 6.07) is 34.7. The first-order valence-corrected chi connectivity index (χ1v) is 13.5. The van der Waals surface area contributed by atoms with Crippen LogP contribution in [-0.2, 0) is 11.4 Å². The van der Waals surface area contributed by atoms with Crippen LogP contribution in [0.2, 0.25) is 5.02 Å². The van der Waals surface area contributed by atoms with Crippen LogP contribution in [0.25, 0.3) is 17.1 Å². The summed E-state index contributed by atoms with van der Waals surface area (Å²) >= 11 is 7.34. The molecule has 1 N–H and O–H groups in total. The third kappa shape index (κ3) is 7.13. The van der Waals surface area contributed by atoms with Gasteiger partial charge in [0.05, 0.1) is 12.0 Å². The lowest BCUT2D eigenvalue weighted by atomic mass is 10.2. The Kier molecular flexibility index (Phi) is 8.68. The van der Waals surface area contributed by atoms with Gasteiger partial charge in [0.25, 0.3) is 5.91 Å². The molecule has 0 aliphatic heterocycles. The number of hydrogen-bond donors (Lipinski definition) is 1. The van der Waals surface area contributed by atoms with Crippen molar-refractivity contribution in [1.29, 1.82) is 0 Å². The topological polar surface area (TPSA) is 81.4 Å². The Morgan fingerprint density at radius 2 is 1.59 bits per heavy atom. The molecule has 0 aliphatic carbocycles. The summed E-state index contributed by atoms with van der Waals surface area (Å²) in [4.78, 5) is 12.5. The molecule has 0 fully saturated rings. The second-order valence-corrected chi connectivity index (χ2v) is 9.79. The number of para-hydroxylation sites is 1. The van der Waals surface area contributed by atoms with E-state index in [0.717, 1.165) is 28.1 Å². The number of rotatable bonds is 10. The van der Waals surface area contributed by atoms with Gasteiger partial charge >= 0.3 is 0 Å². The van der Waals surface area contributed by atoms with Crippen LogP contribution in [0, 0.1) is 0 Å². The van der Waals surface area contributed by atoms with E-state index in [1.54, 1.807) is 6.21 Å². The highest BCUT2D eigenvalue weighted by molar-refractivity contribution is 7.99. The molecule has 0 saturated heterocycles. The molecule has 0 aliphatic rings. The Hall–Kier alpha value is -4.40. The Labute approximate surface area is 235 Å². The van der Waals surface area contributed by atoms with Crippen molar-refractivity contribution < 1.29 is 9.53 Å². The number of halogens is 1. The second-order valence-electron chi connectivity index (χ2n) is 8.41. The SMILES string of the molecule is O=C(CSc1nnc(-c2ccc(Cl)cc2)n1-c1ccccc1)N/N=C\c1ccc(OCc2ccccc2)cc1. The molecule has 5 rings (SSSR count). The molecular weight excluding hydrogens is 530 g/mol. The van der Waals surface area contributed by atoms with Crippen molar-refractivity contribution in [2.24, 2.45) is 5.10 Å². The molecule has 0 saturated carbocycles. The lowest BCUT2D eigenvalue weighted by molar-refractivity contribution is -0.118. The van der Waals surface area contributed by atoms with Gasteiger partial charge in [-0.1, -0.05) is 71.9 Å². The molecule has 4 aromatic carbocycles. The van der Waals surface area contributed by atoms with Gasteiger partial charge < -0.3 is 4.74 Å². The predicted octanol–water partition coefficient (Wildman–Crippen LogP) is 6.41. The smallest absolute Gasteiger partial charge is 0.250 e. The van der Waals surface area contributed by atoms with Gasteiger partial charge in [0.1, 0.15) is 12.4 Å². The molecule has 1 aromatic heterocycles. The fourth-order valence-corrected chi connectivity index (χ4v) is 4.56. The molecule has 9 heteroatoms. The number of nitrogens with one attached hydrogen (secondary N) is 1. The minimum atomic E-state index is -0.255. The largest absolute Gasteiger partial charge is 0.489 e. The van der Waals surface area contributed by atoms with Gasteiger partial charge in [0, 0.05) is 16.3 Å². The maximum atomic E-state index is 12.5.